The Balaban J connectivity index is 2.12. The highest BCUT2D eigenvalue weighted by atomic mass is 32.2. The van der Waals surface area contributed by atoms with Crippen LogP contribution in [0, 0.1) is 13.8 Å². The van der Waals surface area contributed by atoms with Crippen molar-refractivity contribution in [1.82, 2.24) is 14.8 Å². The zero-order valence-electron chi connectivity index (χ0n) is 16.0. The molecule has 0 fully saturated rings. The molecule has 0 saturated carbocycles. The number of rotatable bonds is 9. The molecular formula is C18H24N4O3S2. The summed E-state index contributed by atoms with van der Waals surface area (Å²) in [7, 11) is 0. The average Bonchev–Trinajstić information content (AvgIpc) is 3.13. The van der Waals surface area contributed by atoms with Gasteiger partial charge in [-0.1, -0.05) is 24.8 Å². The lowest BCUT2D eigenvalue weighted by molar-refractivity contribution is -0.113. The normalized spacial score (nSPS) is 10.7. The lowest BCUT2D eigenvalue weighted by Crippen LogP contribution is -2.17. The van der Waals surface area contributed by atoms with E-state index >= 15 is 0 Å². The van der Waals surface area contributed by atoms with Crippen LogP contribution in [0.25, 0.3) is 0 Å². The summed E-state index contributed by atoms with van der Waals surface area (Å²) in [6.45, 7) is 12.1. The second-order valence-corrected chi connectivity index (χ2v) is 7.85. The number of thioether (sulfide) groups is 1. The van der Waals surface area contributed by atoms with Crippen molar-refractivity contribution in [3.63, 3.8) is 0 Å². The van der Waals surface area contributed by atoms with Crippen molar-refractivity contribution in [2.75, 3.05) is 17.7 Å². The van der Waals surface area contributed by atoms with E-state index in [0.29, 0.717) is 35.3 Å². The summed E-state index contributed by atoms with van der Waals surface area (Å²) in [5.41, 5.74) is 1.38. The molecule has 0 aliphatic carbocycles. The number of allylic oxidation sites excluding steroid dienone is 1. The zero-order valence-corrected chi connectivity index (χ0v) is 17.6. The summed E-state index contributed by atoms with van der Waals surface area (Å²) >= 11 is 2.69. The SMILES string of the molecule is C=CCn1c(C)nnc1SCC(=O)Nc1sc(C)c(CC)c1C(=O)OCC. The molecule has 0 atom stereocenters. The number of nitrogens with zero attached hydrogens (tertiary/aromatic N) is 3. The fourth-order valence-corrected chi connectivity index (χ4v) is 4.55. The first-order valence-electron chi connectivity index (χ1n) is 8.65. The third-order valence-electron chi connectivity index (χ3n) is 3.84. The maximum atomic E-state index is 12.4. The Morgan fingerprint density at radius 3 is 2.70 bits per heavy atom. The molecular weight excluding hydrogens is 384 g/mol. The summed E-state index contributed by atoms with van der Waals surface area (Å²) in [4.78, 5) is 25.8. The van der Waals surface area contributed by atoms with E-state index < -0.39 is 5.97 Å². The second kappa shape index (κ2) is 9.70. The van der Waals surface area contributed by atoms with Crippen molar-refractivity contribution in [3.8, 4) is 0 Å². The van der Waals surface area contributed by atoms with E-state index in [1.54, 1.807) is 13.0 Å². The van der Waals surface area contributed by atoms with Gasteiger partial charge in [0.1, 0.15) is 10.8 Å². The van der Waals surface area contributed by atoms with Gasteiger partial charge in [0, 0.05) is 11.4 Å². The van der Waals surface area contributed by atoms with Gasteiger partial charge in [0.05, 0.1) is 17.9 Å². The molecule has 2 heterocycles. The van der Waals surface area contributed by atoms with Crippen LogP contribution in [0.15, 0.2) is 17.8 Å². The van der Waals surface area contributed by atoms with Crippen molar-refractivity contribution in [2.45, 2.75) is 45.8 Å². The summed E-state index contributed by atoms with van der Waals surface area (Å²) in [5, 5.41) is 12.2. The Hall–Kier alpha value is -2.13. The fraction of sp³-hybridized carbons (Fsp3) is 0.444. The first-order chi connectivity index (χ1) is 12.9. The molecule has 0 spiro atoms. The first-order valence-corrected chi connectivity index (χ1v) is 10.5. The molecule has 0 aliphatic heterocycles. The monoisotopic (exact) mass is 408 g/mol. The zero-order chi connectivity index (χ0) is 20.0. The average molecular weight is 409 g/mol. The van der Waals surface area contributed by atoms with E-state index in [0.717, 1.165) is 16.3 Å². The van der Waals surface area contributed by atoms with E-state index in [9.17, 15) is 9.59 Å². The van der Waals surface area contributed by atoms with Gasteiger partial charge in [0.2, 0.25) is 5.91 Å². The topological polar surface area (TPSA) is 86.1 Å². The van der Waals surface area contributed by atoms with Gasteiger partial charge in [-0.15, -0.1) is 28.1 Å². The number of esters is 1. The molecule has 0 unspecified atom stereocenters. The number of amides is 1. The van der Waals surface area contributed by atoms with E-state index in [2.05, 4.69) is 22.1 Å². The lowest BCUT2D eigenvalue weighted by Gasteiger charge is -2.08. The van der Waals surface area contributed by atoms with Crippen LogP contribution < -0.4 is 5.32 Å². The smallest absolute Gasteiger partial charge is 0.341 e. The van der Waals surface area contributed by atoms with Crippen molar-refractivity contribution in [1.29, 1.82) is 0 Å². The molecule has 146 valence electrons. The third kappa shape index (κ3) is 4.98. The maximum absolute atomic E-state index is 12.4. The number of hydrogen-bond acceptors (Lipinski definition) is 7. The molecule has 2 aromatic heterocycles. The van der Waals surface area contributed by atoms with E-state index in [4.69, 9.17) is 4.74 Å². The van der Waals surface area contributed by atoms with Crippen LogP contribution in [0.5, 0.6) is 0 Å². The first kappa shape index (κ1) is 21.2. The molecule has 0 bridgehead atoms. The number of nitrogens with one attached hydrogen (secondary N) is 1. The van der Waals surface area contributed by atoms with Crippen LogP contribution in [0.3, 0.4) is 0 Å². The number of aromatic nitrogens is 3. The predicted molar refractivity (Wildman–Crippen MR) is 109 cm³/mol. The van der Waals surface area contributed by atoms with Gasteiger partial charge in [-0.3, -0.25) is 4.79 Å². The van der Waals surface area contributed by atoms with Gasteiger partial charge in [-0.25, -0.2) is 4.79 Å². The van der Waals surface area contributed by atoms with Gasteiger partial charge in [-0.05, 0) is 32.8 Å². The molecule has 9 heteroatoms. The molecule has 0 saturated heterocycles. The third-order valence-corrected chi connectivity index (χ3v) is 5.87. The number of hydrogen-bond donors (Lipinski definition) is 1. The van der Waals surface area contributed by atoms with Gasteiger partial charge in [-0.2, -0.15) is 0 Å². The van der Waals surface area contributed by atoms with E-state index in [1.807, 2.05) is 25.3 Å². The Morgan fingerprint density at radius 1 is 1.33 bits per heavy atom. The summed E-state index contributed by atoms with van der Waals surface area (Å²) in [6.07, 6.45) is 2.46. The molecule has 7 nitrogen and oxygen atoms in total. The highest BCUT2D eigenvalue weighted by Gasteiger charge is 2.23. The van der Waals surface area contributed by atoms with E-state index in [-0.39, 0.29) is 11.7 Å². The highest BCUT2D eigenvalue weighted by Crippen LogP contribution is 2.34. The lowest BCUT2D eigenvalue weighted by atomic mass is 10.1. The van der Waals surface area contributed by atoms with Crippen LogP contribution >= 0.6 is 23.1 Å². The van der Waals surface area contributed by atoms with Gasteiger partial charge < -0.3 is 14.6 Å². The van der Waals surface area contributed by atoms with Crippen LogP contribution in [0.1, 0.15) is 40.5 Å². The van der Waals surface area contributed by atoms with Gasteiger partial charge in [0.15, 0.2) is 5.16 Å². The Kier molecular flexibility index (Phi) is 7.61. The number of carbonyl (C=O) groups excluding carboxylic acids is 2. The molecule has 27 heavy (non-hydrogen) atoms. The minimum absolute atomic E-state index is 0.163. The van der Waals surface area contributed by atoms with Crippen molar-refractivity contribution in [3.05, 3.63) is 34.5 Å². The minimum atomic E-state index is -0.400. The largest absolute Gasteiger partial charge is 0.462 e. The molecule has 2 aromatic rings. The molecule has 1 amide bonds. The standard InChI is InChI=1S/C18H24N4O3S2/c1-6-9-22-12(5)20-21-18(22)26-10-14(23)19-16-15(17(24)25-8-3)13(7-2)11(4)27-16/h6H,1,7-10H2,2-5H3,(H,19,23). The molecule has 0 aliphatic rings. The number of carbonyl (C=O) groups is 2. The highest BCUT2D eigenvalue weighted by molar-refractivity contribution is 7.99. The number of ether oxygens (including phenoxy) is 1. The van der Waals surface area contributed by atoms with Crippen molar-refractivity contribution in [2.24, 2.45) is 0 Å². The van der Waals surface area contributed by atoms with Crippen LogP contribution in [-0.2, 0) is 22.5 Å². The van der Waals surface area contributed by atoms with Gasteiger partial charge >= 0.3 is 5.97 Å². The van der Waals surface area contributed by atoms with Crippen LogP contribution in [-0.4, -0.2) is 39.0 Å². The molecule has 2 rings (SSSR count). The minimum Gasteiger partial charge on any atom is -0.462 e. The molecule has 0 aromatic carbocycles. The molecule has 0 radical (unpaired) electrons. The van der Waals surface area contributed by atoms with E-state index in [1.165, 1.54) is 23.1 Å². The summed E-state index contributed by atoms with van der Waals surface area (Å²) in [6, 6.07) is 0. The maximum Gasteiger partial charge on any atom is 0.341 e. The molecule has 1 N–H and O–H groups in total. The number of anilines is 1. The Morgan fingerprint density at radius 2 is 2.07 bits per heavy atom. The fourth-order valence-electron chi connectivity index (χ4n) is 2.61. The van der Waals surface area contributed by atoms with Gasteiger partial charge in [0.25, 0.3) is 0 Å². The van der Waals surface area contributed by atoms with Crippen LogP contribution in [0.4, 0.5) is 5.00 Å². The number of aryl methyl sites for hydroxylation is 2. The second-order valence-electron chi connectivity index (χ2n) is 5.68. The Labute approximate surface area is 167 Å². The van der Waals surface area contributed by atoms with Crippen molar-refractivity contribution < 1.29 is 14.3 Å². The quantitative estimate of drug-likeness (QED) is 0.387. The summed E-state index contributed by atoms with van der Waals surface area (Å²) < 4.78 is 7.05. The predicted octanol–water partition coefficient (Wildman–Crippen LogP) is 3.61. The number of thiophene rings is 1. The van der Waals surface area contributed by atoms with Crippen molar-refractivity contribution >= 4 is 40.0 Å². The van der Waals surface area contributed by atoms with Crippen LogP contribution in [0.2, 0.25) is 0 Å². The Bertz CT molecular complexity index is 842. The summed E-state index contributed by atoms with van der Waals surface area (Å²) in [5.74, 6) is 0.322.